The number of ether oxygens (including phenoxy) is 1. The number of thiophene rings is 1. The van der Waals surface area contributed by atoms with Crippen LogP contribution in [-0.4, -0.2) is 7.11 Å². The Balaban J connectivity index is 1.19. The lowest BCUT2D eigenvalue weighted by Gasteiger charge is -2.27. The molecule has 7 aromatic carbocycles. The molecular weight excluding hydrogens is 617 g/mol. The summed E-state index contributed by atoms with van der Waals surface area (Å²) in [5.74, 6) is 0.844. The van der Waals surface area contributed by atoms with Gasteiger partial charge >= 0.3 is 0 Å². The van der Waals surface area contributed by atoms with Crippen molar-refractivity contribution in [3.8, 4) is 27.3 Å². The number of anilines is 6. The maximum absolute atomic E-state index is 6.10. The van der Waals surface area contributed by atoms with Crippen LogP contribution in [0.3, 0.4) is 0 Å². The molecule has 0 amide bonds. The second-order valence-corrected chi connectivity index (χ2v) is 12.8. The first-order valence-corrected chi connectivity index (χ1v) is 17.2. The number of benzene rings is 7. The summed E-state index contributed by atoms with van der Waals surface area (Å²) in [4.78, 5) is 5.81. The van der Waals surface area contributed by atoms with Gasteiger partial charge in [-0.1, -0.05) is 109 Å². The lowest BCUT2D eigenvalue weighted by atomic mass is 9.94. The molecule has 4 heteroatoms. The van der Waals surface area contributed by atoms with Gasteiger partial charge in [-0.15, -0.1) is 11.3 Å². The standard InChI is InChI=1S/C45H34N2OS/c1-48-43-32-33(44-30-31-45(49-44)47(36-20-10-4-11-21-36)37-22-12-5-13-23-37)26-27-41(43)39-28-29-42(40-25-15-14-24-38(39)40)46(34-16-6-2-7-17-34)35-18-8-3-9-19-35/h2-32H,1H3. The summed E-state index contributed by atoms with van der Waals surface area (Å²) in [6.07, 6.45) is 0. The van der Waals surface area contributed by atoms with E-state index < -0.39 is 0 Å². The van der Waals surface area contributed by atoms with Crippen molar-refractivity contribution in [3.63, 3.8) is 0 Å². The van der Waals surface area contributed by atoms with Gasteiger partial charge in [0, 0.05) is 38.6 Å². The lowest BCUT2D eigenvalue weighted by Crippen LogP contribution is -2.10. The molecule has 0 saturated carbocycles. The van der Waals surface area contributed by atoms with Crippen molar-refractivity contribution in [3.05, 3.63) is 188 Å². The third kappa shape index (κ3) is 5.95. The van der Waals surface area contributed by atoms with Crippen LogP contribution in [0, 0.1) is 0 Å². The molecule has 0 aliphatic rings. The average Bonchev–Trinajstić information content (AvgIpc) is 3.66. The average molecular weight is 651 g/mol. The van der Waals surface area contributed by atoms with E-state index in [0.29, 0.717) is 0 Å². The summed E-state index contributed by atoms with van der Waals surface area (Å²) in [5.41, 5.74) is 8.93. The van der Waals surface area contributed by atoms with Gasteiger partial charge in [0.05, 0.1) is 12.8 Å². The second-order valence-electron chi connectivity index (χ2n) is 11.7. The van der Waals surface area contributed by atoms with E-state index in [9.17, 15) is 0 Å². The molecule has 8 aromatic rings. The minimum absolute atomic E-state index is 0.844. The number of methoxy groups -OCH3 is 1. The van der Waals surface area contributed by atoms with Crippen LogP contribution >= 0.6 is 11.3 Å². The van der Waals surface area contributed by atoms with Gasteiger partial charge in [0.2, 0.25) is 0 Å². The zero-order valence-corrected chi connectivity index (χ0v) is 27.9. The Bertz CT molecular complexity index is 2240. The monoisotopic (exact) mass is 650 g/mol. The first kappa shape index (κ1) is 30.2. The van der Waals surface area contributed by atoms with Gasteiger partial charge in [0.1, 0.15) is 10.8 Å². The van der Waals surface area contributed by atoms with Crippen LogP contribution in [0.25, 0.3) is 32.3 Å². The third-order valence-electron chi connectivity index (χ3n) is 8.79. The van der Waals surface area contributed by atoms with Gasteiger partial charge in [0.25, 0.3) is 0 Å². The predicted octanol–water partition coefficient (Wildman–Crippen LogP) is 13.2. The Kier molecular flexibility index (Phi) is 8.37. The first-order chi connectivity index (χ1) is 24.3. The molecule has 0 spiro atoms. The molecule has 0 saturated heterocycles. The Labute approximate surface area is 291 Å². The van der Waals surface area contributed by atoms with Crippen LogP contribution in [0.15, 0.2) is 188 Å². The summed E-state index contributed by atoms with van der Waals surface area (Å²) >= 11 is 1.77. The quantitative estimate of drug-likeness (QED) is 0.155. The maximum atomic E-state index is 6.10. The first-order valence-electron chi connectivity index (χ1n) is 16.4. The third-order valence-corrected chi connectivity index (χ3v) is 9.91. The molecule has 49 heavy (non-hydrogen) atoms. The molecule has 0 radical (unpaired) electrons. The van der Waals surface area contributed by atoms with Crippen molar-refractivity contribution >= 4 is 55.5 Å². The van der Waals surface area contributed by atoms with Crippen molar-refractivity contribution in [1.29, 1.82) is 0 Å². The SMILES string of the molecule is COc1cc(-c2ccc(N(c3ccccc3)c3ccccc3)s2)ccc1-c1ccc(N(c2ccccc2)c2ccccc2)c2ccccc12. The van der Waals surface area contributed by atoms with Crippen LogP contribution in [-0.2, 0) is 0 Å². The summed E-state index contributed by atoms with van der Waals surface area (Å²) < 4.78 is 6.10. The van der Waals surface area contributed by atoms with Crippen LogP contribution in [0.1, 0.15) is 0 Å². The van der Waals surface area contributed by atoms with E-state index in [2.05, 4.69) is 198 Å². The summed E-state index contributed by atoms with van der Waals surface area (Å²) in [6, 6.07) is 66.3. The van der Waals surface area contributed by atoms with Crippen LogP contribution in [0.4, 0.5) is 33.4 Å². The number of para-hydroxylation sites is 4. The van der Waals surface area contributed by atoms with Crippen LogP contribution in [0.5, 0.6) is 5.75 Å². The highest BCUT2D eigenvalue weighted by molar-refractivity contribution is 7.19. The Morgan fingerprint density at radius 2 is 0.918 bits per heavy atom. The molecule has 0 N–H and O–H groups in total. The van der Waals surface area contributed by atoms with E-state index >= 15 is 0 Å². The predicted molar refractivity (Wildman–Crippen MR) is 209 cm³/mol. The maximum Gasteiger partial charge on any atom is 0.127 e. The summed E-state index contributed by atoms with van der Waals surface area (Å²) in [7, 11) is 1.76. The fourth-order valence-electron chi connectivity index (χ4n) is 6.52. The molecule has 1 heterocycles. The van der Waals surface area contributed by atoms with Crippen molar-refractivity contribution in [1.82, 2.24) is 0 Å². The normalized spacial score (nSPS) is 11.0. The van der Waals surface area contributed by atoms with Gasteiger partial charge < -0.3 is 14.5 Å². The molecule has 0 aliphatic carbocycles. The van der Waals surface area contributed by atoms with E-state index in [1.807, 2.05) is 0 Å². The fourth-order valence-corrected chi connectivity index (χ4v) is 7.57. The van der Waals surface area contributed by atoms with Crippen molar-refractivity contribution in [2.75, 3.05) is 16.9 Å². The minimum Gasteiger partial charge on any atom is -0.496 e. The Morgan fingerprint density at radius 3 is 1.47 bits per heavy atom. The number of hydrogen-bond donors (Lipinski definition) is 0. The highest BCUT2D eigenvalue weighted by atomic mass is 32.1. The van der Waals surface area contributed by atoms with Crippen molar-refractivity contribution in [2.45, 2.75) is 0 Å². The van der Waals surface area contributed by atoms with E-state index in [0.717, 1.165) is 55.9 Å². The highest BCUT2D eigenvalue weighted by Gasteiger charge is 2.20. The van der Waals surface area contributed by atoms with Crippen LogP contribution < -0.4 is 14.5 Å². The molecule has 0 atom stereocenters. The van der Waals surface area contributed by atoms with E-state index in [-0.39, 0.29) is 0 Å². The zero-order valence-electron chi connectivity index (χ0n) is 27.1. The Hall–Kier alpha value is -6.10. The van der Waals surface area contributed by atoms with E-state index in [1.165, 1.54) is 15.6 Å². The number of fused-ring (bicyclic) bond motifs is 1. The van der Waals surface area contributed by atoms with Gasteiger partial charge in [-0.05, 0) is 95.4 Å². The highest BCUT2D eigenvalue weighted by Crippen LogP contribution is 2.46. The largest absolute Gasteiger partial charge is 0.496 e. The molecule has 0 bridgehead atoms. The molecule has 0 aliphatic heterocycles. The Morgan fingerprint density at radius 1 is 0.429 bits per heavy atom. The van der Waals surface area contributed by atoms with Crippen molar-refractivity contribution < 1.29 is 4.74 Å². The van der Waals surface area contributed by atoms with E-state index in [1.54, 1.807) is 18.4 Å². The minimum atomic E-state index is 0.844. The number of rotatable bonds is 9. The lowest BCUT2D eigenvalue weighted by molar-refractivity contribution is 0.416. The molecule has 1 aromatic heterocycles. The molecule has 236 valence electrons. The van der Waals surface area contributed by atoms with Crippen molar-refractivity contribution in [2.24, 2.45) is 0 Å². The summed E-state index contributed by atoms with van der Waals surface area (Å²) in [6.45, 7) is 0. The number of hydrogen-bond acceptors (Lipinski definition) is 4. The molecule has 0 fully saturated rings. The zero-order chi connectivity index (χ0) is 33.0. The molecule has 0 unspecified atom stereocenters. The smallest absolute Gasteiger partial charge is 0.127 e. The van der Waals surface area contributed by atoms with Gasteiger partial charge in [0.15, 0.2) is 0 Å². The van der Waals surface area contributed by atoms with Gasteiger partial charge in [-0.2, -0.15) is 0 Å². The summed E-state index contributed by atoms with van der Waals surface area (Å²) in [5, 5.41) is 3.49. The topological polar surface area (TPSA) is 15.7 Å². The van der Waals surface area contributed by atoms with Gasteiger partial charge in [-0.25, -0.2) is 0 Å². The molecule has 3 nitrogen and oxygen atoms in total. The van der Waals surface area contributed by atoms with E-state index in [4.69, 9.17) is 4.74 Å². The molecular formula is C45H34N2OS. The molecule has 8 rings (SSSR count). The fraction of sp³-hybridized carbons (Fsp3) is 0.0222. The number of nitrogens with zero attached hydrogens (tertiary/aromatic N) is 2. The van der Waals surface area contributed by atoms with Crippen LogP contribution in [0.2, 0.25) is 0 Å². The second kappa shape index (κ2) is 13.6. The van der Waals surface area contributed by atoms with Gasteiger partial charge in [-0.3, -0.25) is 0 Å².